The normalized spacial score (nSPS) is 10.7. The molecule has 2 aromatic rings. The monoisotopic (exact) mass is 345 g/mol. The Kier molecular flexibility index (Phi) is 6.39. The quantitative estimate of drug-likeness (QED) is 0.597. The molecule has 0 aliphatic carbocycles. The molecule has 0 atom stereocenters. The van der Waals surface area contributed by atoms with E-state index in [-0.39, 0.29) is 6.54 Å². The van der Waals surface area contributed by atoms with Gasteiger partial charge in [-0.1, -0.05) is 30.3 Å². The van der Waals surface area contributed by atoms with Gasteiger partial charge in [-0.2, -0.15) is 0 Å². The van der Waals surface area contributed by atoms with Crippen molar-refractivity contribution in [3.8, 4) is 0 Å². The third kappa shape index (κ3) is 5.84. The van der Waals surface area contributed by atoms with Crippen LogP contribution in [0.2, 0.25) is 0 Å². The van der Waals surface area contributed by atoms with Crippen LogP contribution < -0.4 is 0 Å². The second kappa shape index (κ2) is 8.73. The highest BCUT2D eigenvalue weighted by atomic mass is 19.1. The maximum Gasteiger partial charge on any atom is 0.331 e. The van der Waals surface area contributed by atoms with Gasteiger partial charge in [-0.05, 0) is 29.8 Å². The number of ether oxygens (including phenoxy) is 1. The molecule has 0 aliphatic rings. The molecule has 0 fully saturated rings. The molecule has 2 aromatic carbocycles. The van der Waals surface area contributed by atoms with Crippen LogP contribution in [-0.2, 0) is 20.9 Å². The fourth-order valence-electron chi connectivity index (χ4n) is 2.04. The van der Waals surface area contributed by atoms with Crippen molar-refractivity contribution in [2.75, 3.05) is 13.7 Å². The number of halogens is 2. The van der Waals surface area contributed by atoms with Crippen LogP contribution in [0.1, 0.15) is 11.1 Å². The zero-order valence-corrected chi connectivity index (χ0v) is 13.6. The summed E-state index contributed by atoms with van der Waals surface area (Å²) in [7, 11) is 1.49. The summed E-state index contributed by atoms with van der Waals surface area (Å²) in [5.74, 6) is -2.01. The first kappa shape index (κ1) is 18.3. The topological polar surface area (TPSA) is 46.6 Å². The Balaban J connectivity index is 1.82. The average molecular weight is 345 g/mol. The molecule has 130 valence electrons. The second-order valence-corrected chi connectivity index (χ2v) is 5.34. The Hall–Kier alpha value is -3.02. The van der Waals surface area contributed by atoms with Gasteiger partial charge in [0.2, 0.25) is 0 Å². The highest BCUT2D eigenvalue weighted by Crippen LogP contribution is 2.09. The molecule has 0 spiro atoms. The number of amides is 1. The van der Waals surface area contributed by atoms with E-state index in [4.69, 9.17) is 4.74 Å². The van der Waals surface area contributed by atoms with E-state index in [9.17, 15) is 18.4 Å². The number of hydrogen-bond donors (Lipinski definition) is 0. The van der Waals surface area contributed by atoms with E-state index in [0.717, 1.165) is 6.08 Å². The molecule has 25 heavy (non-hydrogen) atoms. The number of rotatable bonds is 6. The third-order valence-corrected chi connectivity index (χ3v) is 3.39. The summed E-state index contributed by atoms with van der Waals surface area (Å²) in [4.78, 5) is 24.8. The molecular formula is C19H17F2NO3. The summed E-state index contributed by atoms with van der Waals surface area (Å²) in [5, 5.41) is 0. The van der Waals surface area contributed by atoms with Gasteiger partial charge in [0.25, 0.3) is 5.91 Å². The van der Waals surface area contributed by atoms with Crippen LogP contribution in [0.3, 0.4) is 0 Å². The molecule has 0 aliphatic heterocycles. The van der Waals surface area contributed by atoms with Crippen molar-refractivity contribution in [3.05, 3.63) is 77.4 Å². The zero-order chi connectivity index (χ0) is 18.2. The highest BCUT2D eigenvalue weighted by Gasteiger charge is 2.13. The van der Waals surface area contributed by atoms with Crippen molar-refractivity contribution in [3.63, 3.8) is 0 Å². The Bertz CT molecular complexity index is 790. The number of benzene rings is 2. The van der Waals surface area contributed by atoms with Crippen molar-refractivity contribution in [2.45, 2.75) is 6.54 Å². The molecule has 0 N–H and O–H groups in total. The summed E-state index contributed by atoms with van der Waals surface area (Å²) in [5.41, 5.74) is 0.871. The van der Waals surface area contributed by atoms with Crippen LogP contribution in [0.25, 0.3) is 6.08 Å². The van der Waals surface area contributed by atoms with Crippen molar-refractivity contribution < 1.29 is 23.1 Å². The van der Waals surface area contributed by atoms with E-state index < -0.39 is 30.1 Å². The lowest BCUT2D eigenvalue weighted by Gasteiger charge is -2.17. The number of likely N-dealkylation sites (N-methyl/N-ethyl adjacent to an activating group) is 1. The SMILES string of the molecule is CN(Cc1ccccc1F)C(=O)COC(=O)/C=C/c1cccc(F)c1. The van der Waals surface area contributed by atoms with Crippen LogP contribution >= 0.6 is 0 Å². The summed E-state index contributed by atoms with van der Waals surface area (Å²) < 4.78 is 31.4. The van der Waals surface area contributed by atoms with Gasteiger partial charge in [-0.3, -0.25) is 4.79 Å². The van der Waals surface area contributed by atoms with Crippen LogP contribution in [-0.4, -0.2) is 30.4 Å². The van der Waals surface area contributed by atoms with Crippen LogP contribution in [0.15, 0.2) is 54.6 Å². The van der Waals surface area contributed by atoms with E-state index in [1.807, 2.05) is 0 Å². The molecule has 6 heteroatoms. The smallest absolute Gasteiger partial charge is 0.331 e. The number of hydrogen-bond acceptors (Lipinski definition) is 3. The van der Waals surface area contributed by atoms with Gasteiger partial charge in [-0.15, -0.1) is 0 Å². The van der Waals surface area contributed by atoms with Gasteiger partial charge in [0, 0.05) is 25.2 Å². The molecule has 0 heterocycles. The first-order chi connectivity index (χ1) is 12.0. The Labute approximate surface area is 144 Å². The molecule has 0 unspecified atom stereocenters. The molecule has 4 nitrogen and oxygen atoms in total. The van der Waals surface area contributed by atoms with Crippen LogP contribution in [0, 0.1) is 11.6 Å². The summed E-state index contributed by atoms with van der Waals surface area (Å²) in [6, 6.07) is 11.8. The standard InChI is InChI=1S/C19H17F2NO3/c1-22(12-15-6-2-3-8-17(15)21)18(23)13-25-19(24)10-9-14-5-4-7-16(20)11-14/h2-11H,12-13H2,1H3/b10-9+. The summed E-state index contributed by atoms with van der Waals surface area (Å²) in [6.45, 7) is -0.389. The van der Waals surface area contributed by atoms with E-state index >= 15 is 0 Å². The van der Waals surface area contributed by atoms with E-state index in [1.54, 1.807) is 24.3 Å². The molecule has 0 saturated heterocycles. The predicted octanol–water partition coefficient (Wildman–Crippen LogP) is 3.18. The van der Waals surface area contributed by atoms with Gasteiger partial charge in [-0.25, -0.2) is 13.6 Å². The average Bonchev–Trinajstić information content (AvgIpc) is 2.59. The first-order valence-electron chi connectivity index (χ1n) is 7.53. The zero-order valence-electron chi connectivity index (χ0n) is 13.6. The van der Waals surface area contributed by atoms with Crippen LogP contribution in [0.5, 0.6) is 0 Å². The fourth-order valence-corrected chi connectivity index (χ4v) is 2.04. The van der Waals surface area contributed by atoms with Crippen molar-refractivity contribution >= 4 is 18.0 Å². The molecule has 0 bridgehead atoms. The molecule has 2 rings (SSSR count). The van der Waals surface area contributed by atoms with Gasteiger partial charge in [0.15, 0.2) is 6.61 Å². The lowest BCUT2D eigenvalue weighted by molar-refractivity contribution is -0.147. The molecule has 0 radical (unpaired) electrons. The Morgan fingerprint density at radius 3 is 2.60 bits per heavy atom. The minimum atomic E-state index is -0.725. The Morgan fingerprint density at radius 1 is 1.12 bits per heavy atom. The van der Waals surface area contributed by atoms with Gasteiger partial charge < -0.3 is 9.64 Å². The number of carbonyl (C=O) groups is 2. The van der Waals surface area contributed by atoms with Gasteiger partial charge in [0.05, 0.1) is 0 Å². The first-order valence-corrected chi connectivity index (χ1v) is 7.53. The summed E-state index contributed by atoms with van der Waals surface area (Å²) in [6.07, 6.45) is 2.50. The molecule has 0 saturated carbocycles. The lowest BCUT2D eigenvalue weighted by Crippen LogP contribution is -2.30. The number of carbonyl (C=O) groups excluding carboxylic acids is 2. The van der Waals surface area contributed by atoms with Crippen molar-refractivity contribution in [1.29, 1.82) is 0 Å². The van der Waals surface area contributed by atoms with E-state index in [2.05, 4.69) is 0 Å². The predicted molar refractivity (Wildman–Crippen MR) is 89.3 cm³/mol. The van der Waals surface area contributed by atoms with Crippen LogP contribution in [0.4, 0.5) is 8.78 Å². The van der Waals surface area contributed by atoms with Gasteiger partial charge >= 0.3 is 5.97 Å². The molecule has 1 amide bonds. The van der Waals surface area contributed by atoms with Gasteiger partial charge in [0.1, 0.15) is 11.6 Å². The Morgan fingerprint density at radius 2 is 1.88 bits per heavy atom. The maximum absolute atomic E-state index is 13.6. The second-order valence-electron chi connectivity index (χ2n) is 5.34. The highest BCUT2D eigenvalue weighted by molar-refractivity contribution is 5.89. The third-order valence-electron chi connectivity index (χ3n) is 3.39. The number of nitrogens with zero attached hydrogens (tertiary/aromatic N) is 1. The summed E-state index contributed by atoms with van der Waals surface area (Å²) >= 11 is 0. The minimum Gasteiger partial charge on any atom is -0.452 e. The minimum absolute atomic E-state index is 0.0716. The van der Waals surface area contributed by atoms with Crippen molar-refractivity contribution in [1.82, 2.24) is 4.90 Å². The van der Waals surface area contributed by atoms with E-state index in [0.29, 0.717) is 11.1 Å². The lowest BCUT2D eigenvalue weighted by atomic mass is 10.2. The number of esters is 1. The molecule has 0 aromatic heterocycles. The van der Waals surface area contributed by atoms with E-state index in [1.165, 1.54) is 42.3 Å². The molecular weight excluding hydrogens is 328 g/mol. The fraction of sp³-hybridized carbons (Fsp3) is 0.158. The largest absolute Gasteiger partial charge is 0.452 e. The van der Waals surface area contributed by atoms with Crippen molar-refractivity contribution in [2.24, 2.45) is 0 Å². The maximum atomic E-state index is 13.6.